The summed E-state index contributed by atoms with van der Waals surface area (Å²) in [7, 11) is 0. The van der Waals surface area contributed by atoms with Crippen LogP contribution in [0.2, 0.25) is 0 Å². The molecule has 19 heavy (non-hydrogen) atoms. The van der Waals surface area contributed by atoms with Crippen LogP contribution in [-0.2, 0) is 0 Å². The number of rotatable bonds is 3. The standard InChI is InChI=1S/C12H7F3N2O2/c13-7-4-8(6-9(5-7)17(18)19)16-12-10(14)2-1-3-11(12)15/h1-6,16H. The first kappa shape index (κ1) is 12.9. The van der Waals surface area contributed by atoms with Crippen LogP contribution in [-0.4, -0.2) is 4.92 Å². The maximum Gasteiger partial charge on any atom is 0.274 e. The highest BCUT2D eigenvalue weighted by Crippen LogP contribution is 2.26. The molecule has 4 nitrogen and oxygen atoms in total. The zero-order chi connectivity index (χ0) is 14.0. The van der Waals surface area contributed by atoms with Crippen LogP contribution < -0.4 is 5.32 Å². The Balaban J connectivity index is 2.41. The van der Waals surface area contributed by atoms with Gasteiger partial charge in [0.25, 0.3) is 5.69 Å². The van der Waals surface area contributed by atoms with Crippen molar-refractivity contribution in [1.29, 1.82) is 0 Å². The topological polar surface area (TPSA) is 55.2 Å². The Morgan fingerprint density at radius 1 is 1.05 bits per heavy atom. The second kappa shape index (κ2) is 4.97. The Labute approximate surface area is 105 Å². The van der Waals surface area contributed by atoms with Gasteiger partial charge in [-0.25, -0.2) is 13.2 Å². The fourth-order valence-corrected chi connectivity index (χ4v) is 1.51. The zero-order valence-corrected chi connectivity index (χ0v) is 9.36. The molecule has 0 unspecified atom stereocenters. The molecule has 0 spiro atoms. The van der Waals surface area contributed by atoms with Crippen LogP contribution in [0, 0.1) is 27.6 Å². The molecule has 2 aromatic rings. The number of anilines is 2. The van der Waals surface area contributed by atoms with Crippen molar-refractivity contribution in [2.45, 2.75) is 0 Å². The number of nitro groups is 1. The number of para-hydroxylation sites is 1. The third-order valence-corrected chi connectivity index (χ3v) is 2.33. The van der Waals surface area contributed by atoms with Crippen LogP contribution >= 0.6 is 0 Å². The SMILES string of the molecule is O=[N+]([O-])c1cc(F)cc(Nc2c(F)cccc2F)c1. The van der Waals surface area contributed by atoms with E-state index in [0.29, 0.717) is 6.07 Å². The van der Waals surface area contributed by atoms with Gasteiger partial charge < -0.3 is 5.32 Å². The Morgan fingerprint density at radius 2 is 1.68 bits per heavy atom. The van der Waals surface area contributed by atoms with Crippen LogP contribution in [0.5, 0.6) is 0 Å². The van der Waals surface area contributed by atoms with Crippen molar-refractivity contribution >= 4 is 17.1 Å². The second-order valence-electron chi connectivity index (χ2n) is 3.68. The molecule has 1 N–H and O–H groups in total. The molecule has 7 heteroatoms. The molecule has 0 atom stereocenters. The van der Waals surface area contributed by atoms with Crippen molar-refractivity contribution in [1.82, 2.24) is 0 Å². The summed E-state index contributed by atoms with van der Waals surface area (Å²) in [6, 6.07) is 5.79. The molecular weight excluding hydrogens is 261 g/mol. The van der Waals surface area contributed by atoms with Gasteiger partial charge in [0.05, 0.1) is 11.0 Å². The molecule has 0 aliphatic rings. The van der Waals surface area contributed by atoms with E-state index in [1.165, 1.54) is 6.07 Å². The van der Waals surface area contributed by atoms with Gasteiger partial charge in [0, 0.05) is 11.8 Å². The van der Waals surface area contributed by atoms with E-state index in [9.17, 15) is 23.3 Å². The molecule has 0 radical (unpaired) electrons. The van der Waals surface area contributed by atoms with Gasteiger partial charge in [-0.3, -0.25) is 10.1 Å². The Bertz CT molecular complexity index is 627. The highest BCUT2D eigenvalue weighted by Gasteiger charge is 2.13. The number of hydrogen-bond donors (Lipinski definition) is 1. The van der Waals surface area contributed by atoms with Gasteiger partial charge in [-0.2, -0.15) is 0 Å². The molecule has 0 aliphatic carbocycles. The minimum absolute atomic E-state index is 0.115. The normalized spacial score (nSPS) is 10.3. The summed E-state index contributed by atoms with van der Waals surface area (Å²) in [5.74, 6) is -2.65. The molecule has 0 saturated carbocycles. The molecule has 2 rings (SSSR count). The van der Waals surface area contributed by atoms with E-state index in [0.717, 1.165) is 24.3 Å². The average Bonchev–Trinajstić information content (AvgIpc) is 2.33. The number of halogens is 3. The summed E-state index contributed by atoms with van der Waals surface area (Å²) in [4.78, 5) is 9.76. The zero-order valence-electron chi connectivity index (χ0n) is 9.36. The molecule has 0 aliphatic heterocycles. The Kier molecular flexibility index (Phi) is 3.37. The molecular formula is C12H7F3N2O2. The highest BCUT2D eigenvalue weighted by atomic mass is 19.1. The first-order valence-electron chi connectivity index (χ1n) is 5.13. The Hall–Kier alpha value is -2.57. The second-order valence-corrected chi connectivity index (χ2v) is 3.68. The molecule has 2 aromatic carbocycles. The molecule has 0 amide bonds. The van der Waals surface area contributed by atoms with E-state index in [4.69, 9.17) is 0 Å². The molecule has 0 aromatic heterocycles. The van der Waals surface area contributed by atoms with Crippen LogP contribution in [0.4, 0.5) is 30.2 Å². The summed E-state index contributed by atoms with van der Waals surface area (Å²) in [5.41, 5.74) is -1.13. The largest absolute Gasteiger partial charge is 0.350 e. The van der Waals surface area contributed by atoms with Crippen LogP contribution in [0.15, 0.2) is 36.4 Å². The van der Waals surface area contributed by atoms with Gasteiger partial charge in [0.1, 0.15) is 23.1 Å². The number of benzene rings is 2. The van der Waals surface area contributed by atoms with E-state index in [2.05, 4.69) is 5.32 Å². The quantitative estimate of drug-likeness (QED) is 0.681. The Morgan fingerprint density at radius 3 is 2.26 bits per heavy atom. The third-order valence-electron chi connectivity index (χ3n) is 2.33. The van der Waals surface area contributed by atoms with Crippen molar-refractivity contribution in [3.05, 3.63) is 64.0 Å². The van der Waals surface area contributed by atoms with Crippen molar-refractivity contribution in [2.75, 3.05) is 5.32 Å². The van der Waals surface area contributed by atoms with Gasteiger partial charge in [-0.1, -0.05) is 6.07 Å². The predicted molar refractivity (Wildman–Crippen MR) is 62.7 cm³/mol. The summed E-state index contributed by atoms with van der Waals surface area (Å²) in [6.45, 7) is 0. The van der Waals surface area contributed by atoms with Gasteiger partial charge in [-0.15, -0.1) is 0 Å². The summed E-state index contributed by atoms with van der Waals surface area (Å²) in [6.07, 6.45) is 0. The molecule has 0 bridgehead atoms. The van der Waals surface area contributed by atoms with E-state index in [1.807, 2.05) is 0 Å². The number of nitrogens with one attached hydrogen (secondary N) is 1. The average molecular weight is 268 g/mol. The van der Waals surface area contributed by atoms with Gasteiger partial charge in [-0.05, 0) is 18.2 Å². The number of nitro benzene ring substituents is 1. The summed E-state index contributed by atoms with van der Waals surface area (Å²) < 4.78 is 39.9. The van der Waals surface area contributed by atoms with E-state index in [-0.39, 0.29) is 5.69 Å². The minimum Gasteiger partial charge on any atom is -0.350 e. The molecule has 0 fully saturated rings. The van der Waals surface area contributed by atoms with Crippen LogP contribution in [0.1, 0.15) is 0 Å². The monoisotopic (exact) mass is 268 g/mol. The van der Waals surface area contributed by atoms with Crippen molar-refractivity contribution in [2.24, 2.45) is 0 Å². The van der Waals surface area contributed by atoms with E-state index < -0.39 is 33.7 Å². The fourth-order valence-electron chi connectivity index (χ4n) is 1.51. The lowest BCUT2D eigenvalue weighted by Gasteiger charge is -2.08. The van der Waals surface area contributed by atoms with Crippen molar-refractivity contribution in [3.63, 3.8) is 0 Å². The lowest BCUT2D eigenvalue weighted by atomic mass is 10.2. The number of non-ortho nitro benzene ring substituents is 1. The summed E-state index contributed by atoms with van der Waals surface area (Å²) in [5, 5.41) is 12.8. The maximum atomic E-state index is 13.4. The minimum atomic E-state index is -0.882. The van der Waals surface area contributed by atoms with E-state index >= 15 is 0 Å². The van der Waals surface area contributed by atoms with Crippen molar-refractivity contribution in [3.8, 4) is 0 Å². The molecule has 0 heterocycles. The molecule has 98 valence electrons. The first-order valence-corrected chi connectivity index (χ1v) is 5.13. The lowest BCUT2D eigenvalue weighted by molar-refractivity contribution is -0.385. The van der Waals surface area contributed by atoms with E-state index in [1.54, 1.807) is 0 Å². The van der Waals surface area contributed by atoms with Gasteiger partial charge in [0.2, 0.25) is 0 Å². The highest BCUT2D eigenvalue weighted by molar-refractivity contribution is 5.63. The first-order chi connectivity index (χ1) is 8.97. The van der Waals surface area contributed by atoms with Gasteiger partial charge in [0.15, 0.2) is 0 Å². The number of nitrogens with zero attached hydrogens (tertiary/aromatic N) is 1. The summed E-state index contributed by atoms with van der Waals surface area (Å²) >= 11 is 0. The molecule has 0 saturated heterocycles. The smallest absolute Gasteiger partial charge is 0.274 e. The predicted octanol–water partition coefficient (Wildman–Crippen LogP) is 3.76. The fraction of sp³-hybridized carbons (Fsp3) is 0. The lowest BCUT2D eigenvalue weighted by Crippen LogP contribution is -1.99. The third kappa shape index (κ3) is 2.82. The van der Waals surface area contributed by atoms with Crippen LogP contribution in [0.25, 0.3) is 0 Å². The van der Waals surface area contributed by atoms with Crippen molar-refractivity contribution < 1.29 is 18.1 Å². The van der Waals surface area contributed by atoms with Crippen LogP contribution in [0.3, 0.4) is 0 Å². The maximum absolute atomic E-state index is 13.4. The van der Waals surface area contributed by atoms with Gasteiger partial charge >= 0.3 is 0 Å². The number of hydrogen-bond acceptors (Lipinski definition) is 3.